The van der Waals surface area contributed by atoms with Gasteiger partial charge in [0.2, 0.25) is 0 Å². The predicted molar refractivity (Wildman–Crippen MR) is 61.2 cm³/mol. The highest BCUT2D eigenvalue weighted by molar-refractivity contribution is 4.81. The molecule has 1 rings (SSSR count). The van der Waals surface area contributed by atoms with Crippen molar-refractivity contribution in [3.8, 4) is 0 Å². The van der Waals surface area contributed by atoms with Crippen LogP contribution < -0.4 is 0 Å². The van der Waals surface area contributed by atoms with Crippen LogP contribution in [0, 0.1) is 11.8 Å². The van der Waals surface area contributed by atoms with Gasteiger partial charge in [-0.05, 0) is 31.1 Å². The van der Waals surface area contributed by atoms with Gasteiger partial charge in [-0.3, -0.25) is 0 Å². The van der Waals surface area contributed by atoms with E-state index in [1.807, 2.05) is 6.08 Å². The molecular weight excluding hydrogens is 172 g/mol. The summed E-state index contributed by atoms with van der Waals surface area (Å²) in [7, 11) is 0. The molecule has 0 bridgehead atoms. The molecule has 0 radical (unpaired) electrons. The normalized spacial score (nSPS) is 29.9. The first-order valence-corrected chi connectivity index (χ1v) is 6.06. The average Bonchev–Trinajstić information content (AvgIpc) is 2.20. The van der Waals surface area contributed by atoms with Crippen molar-refractivity contribution in [3.05, 3.63) is 12.7 Å². The summed E-state index contributed by atoms with van der Waals surface area (Å²) in [4.78, 5) is 0. The first-order chi connectivity index (χ1) is 6.77. The lowest BCUT2D eigenvalue weighted by Crippen LogP contribution is -2.25. The largest absolute Gasteiger partial charge is 0.393 e. The van der Waals surface area contributed by atoms with Crippen LogP contribution in [-0.4, -0.2) is 11.2 Å². The molecule has 0 aromatic rings. The Labute approximate surface area is 88.2 Å². The molecule has 1 N–H and O–H groups in total. The zero-order valence-electron chi connectivity index (χ0n) is 9.41. The topological polar surface area (TPSA) is 20.2 Å². The summed E-state index contributed by atoms with van der Waals surface area (Å²) in [6.45, 7) is 5.94. The minimum atomic E-state index is -0.130. The number of rotatable bonds is 5. The molecular formula is C13H24O. The van der Waals surface area contributed by atoms with Crippen molar-refractivity contribution >= 4 is 0 Å². The maximum absolute atomic E-state index is 9.82. The lowest BCUT2D eigenvalue weighted by Gasteiger charge is -2.31. The minimum absolute atomic E-state index is 0.130. The van der Waals surface area contributed by atoms with Crippen LogP contribution in [0.1, 0.15) is 51.9 Å². The van der Waals surface area contributed by atoms with E-state index in [1.165, 1.54) is 38.5 Å². The maximum atomic E-state index is 9.82. The Balaban J connectivity index is 2.24. The van der Waals surface area contributed by atoms with E-state index in [0.717, 1.165) is 12.3 Å². The molecule has 0 aromatic heterocycles. The van der Waals surface area contributed by atoms with Crippen LogP contribution in [0.3, 0.4) is 0 Å². The molecule has 0 heterocycles. The molecule has 1 heteroatoms. The van der Waals surface area contributed by atoms with Gasteiger partial charge in [-0.25, -0.2) is 0 Å². The summed E-state index contributed by atoms with van der Waals surface area (Å²) in [6, 6.07) is 0. The highest BCUT2D eigenvalue weighted by atomic mass is 16.3. The van der Waals surface area contributed by atoms with E-state index in [9.17, 15) is 5.11 Å². The van der Waals surface area contributed by atoms with E-state index >= 15 is 0 Å². The molecule has 1 atom stereocenters. The van der Waals surface area contributed by atoms with Gasteiger partial charge in [0.15, 0.2) is 0 Å². The van der Waals surface area contributed by atoms with Crippen molar-refractivity contribution < 1.29 is 5.11 Å². The van der Waals surface area contributed by atoms with Crippen LogP contribution in [0.25, 0.3) is 0 Å². The Bertz CT molecular complexity index is 157. The fourth-order valence-electron chi connectivity index (χ4n) is 2.63. The van der Waals surface area contributed by atoms with Gasteiger partial charge in [0.05, 0.1) is 6.10 Å². The van der Waals surface area contributed by atoms with Gasteiger partial charge < -0.3 is 5.11 Å². The molecule has 1 nitrogen and oxygen atoms in total. The fourth-order valence-corrected chi connectivity index (χ4v) is 2.63. The molecule has 0 amide bonds. The summed E-state index contributed by atoms with van der Waals surface area (Å²) in [5.41, 5.74) is 0. The Hall–Kier alpha value is -0.300. The third-order valence-electron chi connectivity index (χ3n) is 3.54. The van der Waals surface area contributed by atoms with Crippen molar-refractivity contribution in [2.24, 2.45) is 11.8 Å². The smallest absolute Gasteiger partial charge is 0.0602 e. The van der Waals surface area contributed by atoms with Crippen LogP contribution in [0.5, 0.6) is 0 Å². The number of aliphatic hydroxyl groups excluding tert-OH is 1. The highest BCUT2D eigenvalue weighted by Gasteiger charge is 2.24. The monoisotopic (exact) mass is 196 g/mol. The van der Waals surface area contributed by atoms with Gasteiger partial charge in [-0.2, -0.15) is 0 Å². The highest BCUT2D eigenvalue weighted by Crippen LogP contribution is 2.33. The van der Waals surface area contributed by atoms with E-state index in [1.54, 1.807) is 0 Å². The summed E-state index contributed by atoms with van der Waals surface area (Å²) in [6.07, 6.45) is 10.3. The molecule has 82 valence electrons. The molecule has 0 aliphatic heterocycles. The minimum Gasteiger partial charge on any atom is -0.393 e. The second-order valence-corrected chi connectivity index (χ2v) is 4.66. The van der Waals surface area contributed by atoms with Crippen molar-refractivity contribution in [2.75, 3.05) is 0 Å². The lowest BCUT2D eigenvalue weighted by molar-refractivity contribution is 0.0749. The molecule has 1 aliphatic carbocycles. The molecule has 1 aliphatic rings. The molecule has 14 heavy (non-hydrogen) atoms. The number of aliphatic hydroxyl groups is 1. The maximum Gasteiger partial charge on any atom is 0.0602 e. The van der Waals surface area contributed by atoms with Crippen LogP contribution in [0.15, 0.2) is 12.7 Å². The van der Waals surface area contributed by atoms with Gasteiger partial charge in [0, 0.05) is 0 Å². The zero-order valence-corrected chi connectivity index (χ0v) is 9.41. The van der Waals surface area contributed by atoms with Crippen LogP contribution >= 0.6 is 0 Å². The van der Waals surface area contributed by atoms with E-state index in [0.29, 0.717) is 5.92 Å². The fraction of sp³-hybridized carbons (Fsp3) is 0.846. The van der Waals surface area contributed by atoms with Crippen molar-refractivity contribution in [1.29, 1.82) is 0 Å². The number of hydrogen-bond acceptors (Lipinski definition) is 1. The van der Waals surface area contributed by atoms with E-state index in [-0.39, 0.29) is 6.10 Å². The molecule has 1 fully saturated rings. The molecule has 1 saturated carbocycles. The second-order valence-electron chi connectivity index (χ2n) is 4.66. The Morgan fingerprint density at radius 3 is 2.50 bits per heavy atom. The Kier molecular flexibility index (Phi) is 5.24. The lowest BCUT2D eigenvalue weighted by atomic mass is 9.77. The summed E-state index contributed by atoms with van der Waals surface area (Å²) >= 11 is 0. The third-order valence-corrected chi connectivity index (χ3v) is 3.54. The average molecular weight is 196 g/mol. The quantitative estimate of drug-likeness (QED) is 0.667. The van der Waals surface area contributed by atoms with E-state index < -0.39 is 0 Å². The Morgan fingerprint density at radius 1 is 1.36 bits per heavy atom. The van der Waals surface area contributed by atoms with Crippen LogP contribution in [0.2, 0.25) is 0 Å². The van der Waals surface area contributed by atoms with Crippen LogP contribution in [-0.2, 0) is 0 Å². The molecule has 0 spiro atoms. The summed E-state index contributed by atoms with van der Waals surface area (Å²) in [5.74, 6) is 1.48. The van der Waals surface area contributed by atoms with Gasteiger partial charge in [0.25, 0.3) is 0 Å². The van der Waals surface area contributed by atoms with E-state index in [2.05, 4.69) is 13.5 Å². The van der Waals surface area contributed by atoms with Crippen molar-refractivity contribution in [2.45, 2.75) is 58.0 Å². The number of hydrogen-bond donors (Lipinski definition) is 1. The van der Waals surface area contributed by atoms with Gasteiger partial charge in [-0.1, -0.05) is 38.7 Å². The van der Waals surface area contributed by atoms with Gasteiger partial charge >= 0.3 is 0 Å². The standard InChI is InChI=1S/C13H24O/c1-3-5-11-7-9-12(10-8-11)13(14)6-4-2/h4,11-14H,2-3,5-10H2,1H3. The molecule has 1 unspecified atom stereocenters. The first-order valence-electron chi connectivity index (χ1n) is 6.06. The third kappa shape index (κ3) is 3.45. The second kappa shape index (κ2) is 6.23. The summed E-state index contributed by atoms with van der Waals surface area (Å²) in [5, 5.41) is 9.82. The SMILES string of the molecule is C=CCC(O)C1CCC(CCC)CC1. The first kappa shape index (κ1) is 11.8. The molecule has 0 aromatic carbocycles. The van der Waals surface area contributed by atoms with Gasteiger partial charge in [0.1, 0.15) is 0 Å². The van der Waals surface area contributed by atoms with Crippen LogP contribution in [0.4, 0.5) is 0 Å². The molecule has 0 saturated heterocycles. The van der Waals surface area contributed by atoms with E-state index in [4.69, 9.17) is 0 Å². The zero-order chi connectivity index (χ0) is 10.4. The van der Waals surface area contributed by atoms with Crippen molar-refractivity contribution in [1.82, 2.24) is 0 Å². The Morgan fingerprint density at radius 2 is 2.00 bits per heavy atom. The van der Waals surface area contributed by atoms with Crippen molar-refractivity contribution in [3.63, 3.8) is 0 Å². The predicted octanol–water partition coefficient (Wildman–Crippen LogP) is 3.53. The summed E-state index contributed by atoms with van der Waals surface area (Å²) < 4.78 is 0. The van der Waals surface area contributed by atoms with Gasteiger partial charge in [-0.15, -0.1) is 6.58 Å².